The quantitative estimate of drug-likeness (QED) is 0.168. The van der Waals surface area contributed by atoms with Crippen molar-refractivity contribution in [3.63, 3.8) is 0 Å². The Hall–Kier alpha value is -2.40. The van der Waals surface area contributed by atoms with E-state index in [-0.39, 0.29) is 9.90 Å². The summed E-state index contributed by atoms with van der Waals surface area (Å²) in [5.74, 6) is 0. The van der Waals surface area contributed by atoms with Crippen molar-refractivity contribution < 1.29 is 0 Å². The maximum atomic E-state index is 6.92. The Morgan fingerprint density at radius 3 is 2.00 bits per heavy atom. The molecule has 0 aliphatic heterocycles. The van der Waals surface area contributed by atoms with Gasteiger partial charge >= 0.3 is 0 Å². The van der Waals surface area contributed by atoms with Crippen LogP contribution in [0.1, 0.15) is 11.1 Å². The van der Waals surface area contributed by atoms with Crippen LogP contribution >= 0.6 is 21.5 Å². The predicted octanol–water partition coefficient (Wildman–Crippen LogP) is 7.45. The van der Waals surface area contributed by atoms with Gasteiger partial charge in [-0.25, -0.2) is 0 Å². The molecule has 0 saturated carbocycles. The Bertz CT molecular complexity index is 1260. The van der Waals surface area contributed by atoms with Crippen LogP contribution < -0.4 is 0 Å². The highest BCUT2D eigenvalue weighted by Gasteiger charge is 2.10. The summed E-state index contributed by atoms with van der Waals surface area (Å²) in [5, 5.41) is 8.18. The summed E-state index contributed by atoms with van der Waals surface area (Å²) in [4.78, 5) is 0. The zero-order chi connectivity index (χ0) is 17.5. The smallest absolute Gasteiger partial charge is 0.0526 e. The van der Waals surface area contributed by atoms with E-state index >= 15 is 0 Å². The summed E-state index contributed by atoms with van der Waals surface area (Å²) >= 11 is 6.92. The molecule has 0 bridgehead atoms. The first kappa shape index (κ1) is 18.0. The Kier molecular flexibility index (Phi) is 4.87. The Balaban J connectivity index is 0.00000180. The molecule has 1 atom stereocenters. The van der Waals surface area contributed by atoms with E-state index in [9.17, 15) is 0 Å². The molecule has 5 aromatic rings. The maximum Gasteiger partial charge on any atom is 0.0526 e. The normalized spacial score (nSPS) is 11.0. The minimum absolute atomic E-state index is 0. The molecule has 0 amide bonds. The second-order valence-electron chi connectivity index (χ2n) is 6.79. The molecule has 1 unspecified atom stereocenters. The van der Waals surface area contributed by atoms with Gasteiger partial charge in [0.1, 0.15) is 0 Å². The van der Waals surface area contributed by atoms with E-state index in [1.165, 1.54) is 38.1 Å². The van der Waals surface area contributed by atoms with Gasteiger partial charge in [0.15, 0.2) is 0 Å². The molecule has 2 heteroatoms. The van der Waals surface area contributed by atoms with Crippen LogP contribution in [-0.2, 0) is 6.42 Å². The third kappa shape index (κ3) is 3.21. The van der Waals surface area contributed by atoms with E-state index in [4.69, 9.17) is 11.6 Å². The van der Waals surface area contributed by atoms with E-state index < -0.39 is 0 Å². The molecule has 5 rings (SSSR count). The van der Waals surface area contributed by atoms with Crippen molar-refractivity contribution in [1.29, 1.82) is 0 Å². The van der Waals surface area contributed by atoms with Crippen LogP contribution in [0.5, 0.6) is 0 Å². The summed E-state index contributed by atoms with van der Waals surface area (Å²) in [6, 6.07) is 32.2. The molecular weight excluding hydrogens is 367 g/mol. The summed E-state index contributed by atoms with van der Waals surface area (Å²) in [6.07, 6.45) is 0.847. The van der Waals surface area contributed by atoms with Gasteiger partial charge in [0.25, 0.3) is 0 Å². The van der Waals surface area contributed by atoms with Gasteiger partial charge in [0, 0.05) is 5.39 Å². The van der Waals surface area contributed by atoms with Crippen LogP contribution in [-0.4, -0.2) is 0 Å². The Morgan fingerprint density at radius 1 is 0.593 bits per heavy atom. The number of halogens is 1. The lowest BCUT2D eigenvalue weighted by molar-refractivity contribution is 1.20. The van der Waals surface area contributed by atoms with Crippen molar-refractivity contribution in [1.82, 2.24) is 0 Å². The summed E-state index contributed by atoms with van der Waals surface area (Å²) in [7, 11) is 0. The predicted molar refractivity (Wildman–Crippen MR) is 124 cm³/mol. The number of hydrogen-bond donors (Lipinski definition) is 0. The maximum absolute atomic E-state index is 6.92. The molecule has 132 valence electrons. The lowest BCUT2D eigenvalue weighted by Gasteiger charge is -2.12. The van der Waals surface area contributed by atoms with Crippen LogP contribution in [0.25, 0.3) is 32.3 Å². The number of fused-ring (bicyclic) bond motifs is 4. The minimum Gasteiger partial charge on any atom is -0.153 e. The molecule has 5 aromatic carbocycles. The summed E-state index contributed by atoms with van der Waals surface area (Å²) in [6.45, 7) is 0. The molecule has 0 aliphatic carbocycles. The van der Waals surface area contributed by atoms with Crippen LogP contribution in [0.4, 0.5) is 0 Å². The highest BCUT2D eigenvalue weighted by Crippen LogP contribution is 2.36. The molecule has 0 N–H and O–H groups in total. The average Bonchev–Trinajstić information content (AvgIpc) is 2.69. The standard InChI is InChI=1S/C25H17Cl.H3P/c26-25-22(14-17-6-2-1-3-7-17)13-11-18-10-12-21-15-19-8-4-5-9-20(19)16-23(21)24(18)25;/h1-13,15-16H,14H2;1H3. The van der Waals surface area contributed by atoms with Gasteiger partial charge in [-0.1, -0.05) is 90.5 Å². The number of hydrogen-bond acceptors (Lipinski definition) is 0. The fourth-order valence-corrected chi connectivity index (χ4v) is 4.13. The molecule has 0 heterocycles. The SMILES string of the molecule is Clc1c(Cc2ccccc2)ccc2ccc3cc4ccccc4cc3c12.P. The van der Waals surface area contributed by atoms with Crippen LogP contribution in [0.2, 0.25) is 5.02 Å². The second kappa shape index (κ2) is 7.31. The van der Waals surface area contributed by atoms with E-state index in [0.717, 1.165) is 16.8 Å². The number of rotatable bonds is 2. The van der Waals surface area contributed by atoms with Gasteiger partial charge in [-0.05, 0) is 56.6 Å². The van der Waals surface area contributed by atoms with Crippen molar-refractivity contribution in [2.24, 2.45) is 0 Å². The van der Waals surface area contributed by atoms with Crippen LogP contribution in [0, 0.1) is 0 Å². The highest BCUT2D eigenvalue weighted by molar-refractivity contribution is 6.92. The highest BCUT2D eigenvalue weighted by atomic mass is 35.5. The lowest BCUT2D eigenvalue weighted by atomic mass is 9.95. The summed E-state index contributed by atoms with van der Waals surface area (Å²) < 4.78 is 0. The molecule has 27 heavy (non-hydrogen) atoms. The van der Waals surface area contributed by atoms with Gasteiger partial charge in [0.2, 0.25) is 0 Å². The molecule has 0 spiro atoms. The van der Waals surface area contributed by atoms with Gasteiger partial charge in [-0.2, -0.15) is 9.90 Å². The minimum atomic E-state index is 0. The molecule has 0 nitrogen and oxygen atoms in total. The molecule has 0 saturated heterocycles. The van der Waals surface area contributed by atoms with Crippen LogP contribution in [0.15, 0.2) is 91.0 Å². The van der Waals surface area contributed by atoms with E-state index in [1.54, 1.807) is 0 Å². The molecular formula is C25H20ClP. The number of benzene rings is 5. The van der Waals surface area contributed by atoms with E-state index in [2.05, 4.69) is 84.9 Å². The zero-order valence-corrected chi connectivity index (χ0v) is 17.1. The van der Waals surface area contributed by atoms with Crippen molar-refractivity contribution in [2.45, 2.75) is 6.42 Å². The first-order valence-electron chi connectivity index (χ1n) is 8.86. The first-order chi connectivity index (χ1) is 12.8. The van der Waals surface area contributed by atoms with Crippen LogP contribution in [0.3, 0.4) is 0 Å². The van der Waals surface area contributed by atoms with Crippen molar-refractivity contribution in [3.8, 4) is 0 Å². The van der Waals surface area contributed by atoms with E-state index in [0.29, 0.717) is 0 Å². The third-order valence-corrected chi connectivity index (χ3v) is 5.55. The van der Waals surface area contributed by atoms with Gasteiger partial charge in [-0.15, -0.1) is 0 Å². The van der Waals surface area contributed by atoms with Gasteiger partial charge in [-0.3, -0.25) is 0 Å². The lowest BCUT2D eigenvalue weighted by Crippen LogP contribution is -1.91. The first-order valence-corrected chi connectivity index (χ1v) is 9.24. The van der Waals surface area contributed by atoms with Crippen molar-refractivity contribution >= 4 is 53.8 Å². The largest absolute Gasteiger partial charge is 0.153 e. The molecule has 0 aliphatic rings. The molecule has 0 aromatic heterocycles. The monoisotopic (exact) mass is 386 g/mol. The Morgan fingerprint density at radius 2 is 1.22 bits per heavy atom. The third-order valence-electron chi connectivity index (χ3n) is 5.12. The summed E-state index contributed by atoms with van der Waals surface area (Å²) in [5.41, 5.74) is 2.45. The van der Waals surface area contributed by atoms with Crippen molar-refractivity contribution in [3.05, 3.63) is 107 Å². The fraction of sp³-hybridized carbons (Fsp3) is 0.0400. The topological polar surface area (TPSA) is 0 Å². The average molecular weight is 387 g/mol. The van der Waals surface area contributed by atoms with E-state index in [1.807, 2.05) is 6.07 Å². The molecule has 0 fully saturated rings. The fourth-order valence-electron chi connectivity index (χ4n) is 3.79. The second-order valence-corrected chi connectivity index (χ2v) is 7.16. The van der Waals surface area contributed by atoms with Gasteiger partial charge in [0.05, 0.1) is 5.02 Å². The molecule has 0 radical (unpaired) electrons. The zero-order valence-electron chi connectivity index (χ0n) is 15.0. The van der Waals surface area contributed by atoms with Gasteiger partial charge < -0.3 is 0 Å². The van der Waals surface area contributed by atoms with Crippen molar-refractivity contribution in [2.75, 3.05) is 0 Å². The Labute approximate surface area is 167 Å².